The molecule has 0 saturated heterocycles. The first-order valence-electron chi connectivity index (χ1n) is 2.60. The molecular weight excluding hydrogens is 150 g/mol. The van der Waals surface area contributed by atoms with Gasteiger partial charge in [0.05, 0.1) is 0 Å². The van der Waals surface area contributed by atoms with Gasteiger partial charge in [0.25, 0.3) is 0 Å². The maximum absolute atomic E-state index is 3.85. The Balaban J connectivity index is 2.48. The third-order valence-corrected chi connectivity index (χ3v) is 1.62. The summed E-state index contributed by atoms with van der Waals surface area (Å²) in [4.78, 5) is 3.85. The van der Waals surface area contributed by atoms with Crippen LogP contribution >= 0.6 is 11.5 Å². The van der Waals surface area contributed by atoms with Crippen molar-refractivity contribution in [3.63, 3.8) is 0 Å². The van der Waals surface area contributed by atoms with Gasteiger partial charge in [-0.05, 0) is 5.21 Å². The average Bonchev–Trinajstić information content (AvgIpc) is 2.59. The van der Waals surface area contributed by atoms with E-state index >= 15 is 0 Å². The van der Waals surface area contributed by atoms with E-state index in [0.29, 0.717) is 0 Å². The standard InChI is InChI=1S/C4H3N5S/c1-2-9(3-5-1)4-6-7-8-10-4/h1-3H. The van der Waals surface area contributed by atoms with Gasteiger partial charge in [-0.2, -0.15) is 0 Å². The number of nitrogens with zero attached hydrogens (tertiary/aromatic N) is 5. The van der Waals surface area contributed by atoms with Crippen LogP contribution in [0.1, 0.15) is 0 Å². The normalized spacial score (nSPS) is 10.0. The second-order valence-electron chi connectivity index (χ2n) is 1.61. The average molecular weight is 153 g/mol. The van der Waals surface area contributed by atoms with Gasteiger partial charge < -0.3 is 0 Å². The van der Waals surface area contributed by atoms with Crippen molar-refractivity contribution in [3.05, 3.63) is 18.7 Å². The van der Waals surface area contributed by atoms with Crippen molar-refractivity contribution in [2.45, 2.75) is 0 Å². The van der Waals surface area contributed by atoms with Crippen molar-refractivity contribution >= 4 is 11.5 Å². The topological polar surface area (TPSA) is 56.5 Å². The Labute approximate surface area is 60.5 Å². The molecule has 5 nitrogen and oxygen atoms in total. The molecule has 50 valence electrons. The van der Waals surface area contributed by atoms with E-state index in [4.69, 9.17) is 0 Å². The summed E-state index contributed by atoms with van der Waals surface area (Å²) >= 11 is 1.23. The Morgan fingerprint density at radius 1 is 1.50 bits per heavy atom. The van der Waals surface area contributed by atoms with E-state index in [2.05, 4.69) is 19.8 Å². The van der Waals surface area contributed by atoms with Crippen molar-refractivity contribution in [3.8, 4) is 5.13 Å². The van der Waals surface area contributed by atoms with Crippen LogP contribution in [0, 0.1) is 0 Å². The second-order valence-corrected chi connectivity index (χ2v) is 2.33. The Morgan fingerprint density at radius 3 is 3.10 bits per heavy atom. The Bertz CT molecular complexity index is 253. The lowest BCUT2D eigenvalue weighted by molar-refractivity contribution is 0.907. The van der Waals surface area contributed by atoms with Crippen LogP contribution in [0.5, 0.6) is 0 Å². The Hall–Kier alpha value is -1.30. The quantitative estimate of drug-likeness (QED) is 0.583. The molecule has 0 fully saturated rings. The first-order valence-corrected chi connectivity index (χ1v) is 3.37. The Kier molecular flexibility index (Phi) is 1.17. The summed E-state index contributed by atoms with van der Waals surface area (Å²) in [6, 6.07) is 0. The smallest absolute Gasteiger partial charge is 0.237 e. The van der Waals surface area contributed by atoms with Gasteiger partial charge in [-0.15, -0.1) is 0 Å². The first kappa shape index (κ1) is 5.48. The number of imidazole rings is 1. The van der Waals surface area contributed by atoms with E-state index in [-0.39, 0.29) is 0 Å². The van der Waals surface area contributed by atoms with Crippen LogP contribution in [0.2, 0.25) is 0 Å². The maximum atomic E-state index is 3.85. The maximum Gasteiger partial charge on any atom is 0.237 e. The fraction of sp³-hybridized carbons (Fsp3) is 0. The molecule has 0 atom stereocenters. The SMILES string of the molecule is c1cn(-c2nnns2)cn1. The molecule has 10 heavy (non-hydrogen) atoms. The molecular formula is C4H3N5S. The molecule has 2 heterocycles. The van der Waals surface area contributed by atoms with E-state index in [9.17, 15) is 0 Å². The molecule has 0 unspecified atom stereocenters. The highest BCUT2D eigenvalue weighted by atomic mass is 32.1. The molecule has 0 aliphatic rings. The molecule has 0 radical (unpaired) electrons. The van der Waals surface area contributed by atoms with Gasteiger partial charge in [-0.1, -0.05) is 9.59 Å². The summed E-state index contributed by atoms with van der Waals surface area (Å²) in [6.45, 7) is 0. The fourth-order valence-corrected chi connectivity index (χ4v) is 1.02. The number of rotatable bonds is 1. The minimum atomic E-state index is 0.734. The van der Waals surface area contributed by atoms with E-state index < -0.39 is 0 Å². The second kappa shape index (κ2) is 2.14. The summed E-state index contributed by atoms with van der Waals surface area (Å²) in [5, 5.41) is 7.92. The van der Waals surface area contributed by atoms with Gasteiger partial charge in [0.1, 0.15) is 6.33 Å². The lowest BCUT2D eigenvalue weighted by Gasteiger charge is -1.87. The predicted molar refractivity (Wildman–Crippen MR) is 34.8 cm³/mol. The van der Waals surface area contributed by atoms with Gasteiger partial charge in [0.15, 0.2) is 0 Å². The third kappa shape index (κ3) is 0.781. The van der Waals surface area contributed by atoms with E-state index in [1.807, 2.05) is 0 Å². The molecule has 2 aromatic rings. The molecule has 2 aromatic heterocycles. The summed E-state index contributed by atoms with van der Waals surface area (Å²) in [5.74, 6) is 0. The monoisotopic (exact) mass is 153 g/mol. The summed E-state index contributed by atoms with van der Waals surface area (Å²) in [6.07, 6.45) is 5.13. The zero-order valence-corrected chi connectivity index (χ0v) is 5.69. The third-order valence-electron chi connectivity index (χ3n) is 1.01. The minimum Gasteiger partial charge on any atom is -0.279 e. The van der Waals surface area contributed by atoms with Gasteiger partial charge >= 0.3 is 0 Å². The molecule has 0 aliphatic carbocycles. The zero-order valence-electron chi connectivity index (χ0n) is 4.88. The first-order chi connectivity index (χ1) is 4.97. The highest BCUT2D eigenvalue weighted by Gasteiger charge is 1.97. The van der Waals surface area contributed by atoms with Crippen molar-refractivity contribution in [2.24, 2.45) is 0 Å². The van der Waals surface area contributed by atoms with Crippen LogP contribution in [-0.2, 0) is 0 Å². The van der Waals surface area contributed by atoms with Crippen LogP contribution < -0.4 is 0 Å². The lowest BCUT2D eigenvalue weighted by Crippen LogP contribution is -1.87. The highest BCUT2D eigenvalue weighted by molar-refractivity contribution is 7.07. The van der Waals surface area contributed by atoms with E-state index in [0.717, 1.165) is 5.13 Å². The fourth-order valence-electron chi connectivity index (χ4n) is 0.601. The molecule has 0 spiro atoms. The zero-order chi connectivity index (χ0) is 6.81. The molecule has 6 heteroatoms. The van der Waals surface area contributed by atoms with Crippen LogP contribution in [0.4, 0.5) is 0 Å². The minimum absolute atomic E-state index is 0.734. The molecule has 0 N–H and O–H groups in total. The van der Waals surface area contributed by atoms with Crippen molar-refractivity contribution in [1.29, 1.82) is 0 Å². The molecule has 0 bridgehead atoms. The predicted octanol–water partition coefficient (Wildman–Crippen LogP) is 0.119. The Morgan fingerprint density at radius 2 is 2.50 bits per heavy atom. The molecule has 0 aliphatic heterocycles. The van der Waals surface area contributed by atoms with E-state index in [1.165, 1.54) is 11.5 Å². The van der Waals surface area contributed by atoms with Crippen molar-refractivity contribution in [2.75, 3.05) is 0 Å². The van der Waals surface area contributed by atoms with Crippen LogP contribution in [0.25, 0.3) is 5.13 Å². The lowest BCUT2D eigenvalue weighted by atomic mass is 10.9. The van der Waals surface area contributed by atoms with Crippen molar-refractivity contribution < 1.29 is 0 Å². The summed E-state index contributed by atoms with van der Waals surface area (Å²) in [7, 11) is 0. The van der Waals surface area contributed by atoms with Crippen LogP contribution in [0.15, 0.2) is 18.7 Å². The van der Waals surface area contributed by atoms with Crippen LogP contribution in [-0.4, -0.2) is 24.4 Å². The largest absolute Gasteiger partial charge is 0.279 e. The molecule has 0 amide bonds. The van der Waals surface area contributed by atoms with Crippen molar-refractivity contribution in [1.82, 2.24) is 24.4 Å². The molecule has 0 saturated carbocycles. The molecule has 2 rings (SSSR count). The van der Waals surface area contributed by atoms with Gasteiger partial charge in [0, 0.05) is 23.9 Å². The number of aromatic nitrogens is 5. The van der Waals surface area contributed by atoms with E-state index in [1.54, 1.807) is 23.3 Å². The van der Waals surface area contributed by atoms with Gasteiger partial charge in [-0.3, -0.25) is 4.57 Å². The summed E-state index contributed by atoms with van der Waals surface area (Å²) in [5.41, 5.74) is 0. The van der Waals surface area contributed by atoms with Crippen LogP contribution in [0.3, 0.4) is 0 Å². The summed E-state index contributed by atoms with van der Waals surface area (Å²) < 4.78 is 5.36. The van der Waals surface area contributed by atoms with Gasteiger partial charge in [0.2, 0.25) is 5.13 Å². The number of hydrogen-bond donors (Lipinski definition) is 0. The highest BCUT2D eigenvalue weighted by Crippen LogP contribution is 2.03. The number of hydrogen-bond acceptors (Lipinski definition) is 5. The van der Waals surface area contributed by atoms with Gasteiger partial charge in [-0.25, -0.2) is 4.98 Å². The molecule has 0 aromatic carbocycles.